The molecule has 0 spiro atoms. The van der Waals surface area contributed by atoms with Gasteiger partial charge in [-0.05, 0) is 19.3 Å². The highest BCUT2D eigenvalue weighted by molar-refractivity contribution is 5.04. The number of hydrogen-bond donors (Lipinski definition) is 1. The Hall–Kier alpha value is -0.820. The van der Waals surface area contributed by atoms with Crippen molar-refractivity contribution in [3.63, 3.8) is 0 Å². The molecular weight excluding hydrogens is 160 g/mol. The maximum absolute atomic E-state index is 8.48. The van der Waals surface area contributed by atoms with Gasteiger partial charge in [-0.25, -0.2) is 0 Å². The van der Waals surface area contributed by atoms with E-state index in [0.717, 1.165) is 12.8 Å². The summed E-state index contributed by atoms with van der Waals surface area (Å²) in [5, 5.41) is 8.48. The van der Waals surface area contributed by atoms with Crippen LogP contribution in [0.25, 0.3) is 0 Å². The van der Waals surface area contributed by atoms with E-state index in [9.17, 15) is 0 Å². The number of unbranched alkanes of at least 4 members (excludes halogenated alkanes) is 1. The summed E-state index contributed by atoms with van der Waals surface area (Å²) in [6, 6.07) is 0. The third-order valence-electron chi connectivity index (χ3n) is 1.57. The molecule has 74 valence electrons. The Morgan fingerprint density at radius 1 is 0.923 bits per heavy atom. The Labute approximate surface area is 81.5 Å². The van der Waals surface area contributed by atoms with Crippen molar-refractivity contribution in [2.24, 2.45) is 0 Å². The summed E-state index contributed by atoms with van der Waals surface area (Å²) in [6.07, 6.45) is 16.6. The van der Waals surface area contributed by atoms with E-state index < -0.39 is 0 Å². The van der Waals surface area contributed by atoms with Gasteiger partial charge in [0.05, 0.1) is 0 Å². The van der Waals surface area contributed by atoms with E-state index in [2.05, 4.69) is 25.2 Å². The second-order valence-electron chi connectivity index (χ2n) is 2.86. The van der Waals surface area contributed by atoms with Gasteiger partial charge in [0.15, 0.2) is 0 Å². The first-order valence-electron chi connectivity index (χ1n) is 4.99. The Balaban J connectivity index is 3.30. The van der Waals surface area contributed by atoms with Crippen molar-refractivity contribution in [3.05, 3.63) is 36.5 Å². The van der Waals surface area contributed by atoms with E-state index in [1.54, 1.807) is 0 Å². The predicted octanol–water partition coefficient (Wildman–Crippen LogP) is 3.23. The molecule has 0 rings (SSSR count). The Morgan fingerprint density at radius 2 is 1.69 bits per heavy atom. The number of aliphatic hydroxyl groups is 1. The molecule has 0 saturated heterocycles. The first kappa shape index (κ1) is 12.2. The van der Waals surface area contributed by atoms with Gasteiger partial charge in [-0.1, -0.05) is 49.8 Å². The van der Waals surface area contributed by atoms with Crippen molar-refractivity contribution in [2.45, 2.75) is 32.6 Å². The Kier molecular flexibility index (Phi) is 10.5. The average molecular weight is 180 g/mol. The standard InChI is InChI=1S/C12H20O/c1-2-3-4-5-6-7-8-9-10-11-12-13/h4-5,7-10,13H,2-3,6,11-12H2,1H3/b5-4+,8-7+,10-9+. The summed E-state index contributed by atoms with van der Waals surface area (Å²) >= 11 is 0. The van der Waals surface area contributed by atoms with Crippen molar-refractivity contribution < 1.29 is 5.11 Å². The zero-order valence-electron chi connectivity index (χ0n) is 8.45. The molecule has 0 heterocycles. The highest BCUT2D eigenvalue weighted by atomic mass is 16.2. The SMILES string of the molecule is CCC/C=C/C/C=C/C=C/CCO. The molecule has 0 aliphatic heterocycles. The summed E-state index contributed by atoms with van der Waals surface area (Å²) in [7, 11) is 0. The van der Waals surface area contributed by atoms with Crippen LogP contribution in [0.3, 0.4) is 0 Å². The van der Waals surface area contributed by atoms with Gasteiger partial charge in [-0.3, -0.25) is 0 Å². The fraction of sp³-hybridized carbons (Fsp3) is 0.500. The fourth-order valence-electron chi connectivity index (χ4n) is 0.866. The quantitative estimate of drug-likeness (QED) is 0.471. The zero-order valence-corrected chi connectivity index (χ0v) is 8.45. The predicted molar refractivity (Wildman–Crippen MR) is 58.6 cm³/mol. The molecule has 13 heavy (non-hydrogen) atoms. The van der Waals surface area contributed by atoms with Crippen molar-refractivity contribution in [1.82, 2.24) is 0 Å². The molecule has 0 unspecified atom stereocenters. The van der Waals surface area contributed by atoms with Crippen LogP contribution in [0.5, 0.6) is 0 Å². The Morgan fingerprint density at radius 3 is 2.38 bits per heavy atom. The summed E-state index contributed by atoms with van der Waals surface area (Å²) in [5.41, 5.74) is 0. The molecule has 1 nitrogen and oxygen atoms in total. The van der Waals surface area contributed by atoms with Crippen LogP contribution >= 0.6 is 0 Å². The smallest absolute Gasteiger partial charge is 0.0465 e. The van der Waals surface area contributed by atoms with Gasteiger partial charge in [0.1, 0.15) is 0 Å². The zero-order chi connectivity index (χ0) is 9.78. The maximum Gasteiger partial charge on any atom is 0.0465 e. The summed E-state index contributed by atoms with van der Waals surface area (Å²) < 4.78 is 0. The third-order valence-corrected chi connectivity index (χ3v) is 1.57. The Bertz CT molecular complexity index is 166. The first-order chi connectivity index (χ1) is 6.41. The van der Waals surface area contributed by atoms with Crippen LogP contribution < -0.4 is 0 Å². The van der Waals surface area contributed by atoms with Crippen molar-refractivity contribution in [1.29, 1.82) is 0 Å². The number of allylic oxidation sites excluding steroid dienone is 5. The highest BCUT2D eigenvalue weighted by Gasteiger charge is 1.73. The molecule has 0 aliphatic rings. The minimum atomic E-state index is 0.237. The van der Waals surface area contributed by atoms with Gasteiger partial charge in [-0.15, -0.1) is 0 Å². The second kappa shape index (κ2) is 11.2. The molecule has 0 aromatic carbocycles. The minimum Gasteiger partial charge on any atom is -0.396 e. The van der Waals surface area contributed by atoms with Crippen LogP contribution in [0.2, 0.25) is 0 Å². The molecule has 0 saturated carbocycles. The highest BCUT2D eigenvalue weighted by Crippen LogP contribution is 1.92. The van der Waals surface area contributed by atoms with Gasteiger partial charge in [0.2, 0.25) is 0 Å². The molecule has 0 aromatic rings. The van der Waals surface area contributed by atoms with Gasteiger partial charge >= 0.3 is 0 Å². The van der Waals surface area contributed by atoms with Crippen LogP contribution in [-0.4, -0.2) is 11.7 Å². The topological polar surface area (TPSA) is 20.2 Å². The number of aliphatic hydroxyl groups excluding tert-OH is 1. The first-order valence-corrected chi connectivity index (χ1v) is 4.99. The summed E-state index contributed by atoms with van der Waals surface area (Å²) in [6.45, 7) is 2.42. The molecular formula is C12H20O. The lowest BCUT2D eigenvalue weighted by molar-refractivity contribution is 0.302. The van der Waals surface area contributed by atoms with Gasteiger partial charge in [0, 0.05) is 6.61 Å². The van der Waals surface area contributed by atoms with E-state index in [4.69, 9.17) is 5.11 Å². The fourth-order valence-corrected chi connectivity index (χ4v) is 0.866. The van der Waals surface area contributed by atoms with Gasteiger partial charge in [0.25, 0.3) is 0 Å². The van der Waals surface area contributed by atoms with E-state index in [1.807, 2.05) is 18.2 Å². The van der Waals surface area contributed by atoms with Crippen LogP contribution in [-0.2, 0) is 0 Å². The summed E-state index contributed by atoms with van der Waals surface area (Å²) in [5.74, 6) is 0. The minimum absolute atomic E-state index is 0.237. The van der Waals surface area contributed by atoms with Crippen LogP contribution in [0.15, 0.2) is 36.5 Å². The largest absolute Gasteiger partial charge is 0.396 e. The number of hydrogen-bond acceptors (Lipinski definition) is 1. The van der Waals surface area contributed by atoms with Gasteiger partial charge in [-0.2, -0.15) is 0 Å². The molecule has 0 amide bonds. The lowest BCUT2D eigenvalue weighted by Gasteiger charge is -1.83. The second-order valence-corrected chi connectivity index (χ2v) is 2.86. The molecule has 1 N–H and O–H groups in total. The van der Waals surface area contributed by atoms with E-state index in [1.165, 1.54) is 12.8 Å². The normalized spacial score (nSPS) is 12.5. The molecule has 1 heteroatoms. The van der Waals surface area contributed by atoms with Crippen molar-refractivity contribution in [3.8, 4) is 0 Å². The van der Waals surface area contributed by atoms with Crippen LogP contribution in [0.4, 0.5) is 0 Å². The van der Waals surface area contributed by atoms with Crippen molar-refractivity contribution >= 4 is 0 Å². The lowest BCUT2D eigenvalue weighted by Crippen LogP contribution is -1.73. The van der Waals surface area contributed by atoms with E-state index >= 15 is 0 Å². The average Bonchev–Trinajstić information content (AvgIpc) is 2.16. The molecule has 0 atom stereocenters. The van der Waals surface area contributed by atoms with Gasteiger partial charge < -0.3 is 5.11 Å². The number of rotatable bonds is 7. The van der Waals surface area contributed by atoms with Crippen LogP contribution in [0.1, 0.15) is 32.6 Å². The summed E-state index contributed by atoms with van der Waals surface area (Å²) in [4.78, 5) is 0. The molecule has 0 aliphatic carbocycles. The maximum atomic E-state index is 8.48. The lowest BCUT2D eigenvalue weighted by atomic mass is 10.2. The monoisotopic (exact) mass is 180 g/mol. The molecule has 0 bridgehead atoms. The van der Waals surface area contributed by atoms with Crippen LogP contribution in [0, 0.1) is 0 Å². The molecule has 0 aromatic heterocycles. The van der Waals surface area contributed by atoms with Crippen molar-refractivity contribution in [2.75, 3.05) is 6.61 Å². The molecule has 0 radical (unpaired) electrons. The molecule has 0 fully saturated rings. The van der Waals surface area contributed by atoms with E-state index in [-0.39, 0.29) is 6.61 Å². The third kappa shape index (κ3) is 11.2. The van der Waals surface area contributed by atoms with E-state index in [0.29, 0.717) is 0 Å².